The van der Waals surface area contributed by atoms with Gasteiger partial charge in [0.25, 0.3) is 11.8 Å². The molecule has 38 heavy (non-hydrogen) atoms. The number of hydrogen-bond acceptors (Lipinski definition) is 7. The Morgan fingerprint density at radius 3 is 2.37 bits per heavy atom. The van der Waals surface area contributed by atoms with Gasteiger partial charge >= 0.3 is 0 Å². The van der Waals surface area contributed by atoms with Crippen LogP contribution in [0.3, 0.4) is 0 Å². The number of aromatic nitrogens is 1. The second-order valence-corrected chi connectivity index (χ2v) is 11.6. The Labute approximate surface area is 228 Å². The highest BCUT2D eigenvalue weighted by molar-refractivity contribution is 7.09. The largest absolute Gasteiger partial charge is 0.368 e. The molecule has 0 N–H and O–H groups in total. The van der Waals surface area contributed by atoms with E-state index >= 15 is 0 Å². The van der Waals surface area contributed by atoms with Gasteiger partial charge < -0.3 is 9.80 Å². The van der Waals surface area contributed by atoms with Gasteiger partial charge in [0.1, 0.15) is 5.01 Å². The van der Waals surface area contributed by atoms with Crippen LogP contribution < -0.4 is 4.90 Å². The molecule has 198 valence electrons. The number of anilines is 1. The van der Waals surface area contributed by atoms with Crippen LogP contribution in [0.4, 0.5) is 5.69 Å². The van der Waals surface area contributed by atoms with Crippen molar-refractivity contribution in [3.05, 3.63) is 81.3 Å². The second kappa shape index (κ2) is 11.0. The predicted molar refractivity (Wildman–Crippen MR) is 151 cm³/mol. The molecule has 2 aromatic carbocycles. The van der Waals surface area contributed by atoms with Crippen molar-refractivity contribution >= 4 is 28.8 Å². The first-order valence-electron chi connectivity index (χ1n) is 13.7. The fourth-order valence-corrected chi connectivity index (χ4v) is 6.86. The van der Waals surface area contributed by atoms with E-state index in [1.54, 1.807) is 6.07 Å². The van der Waals surface area contributed by atoms with Crippen LogP contribution in [0.1, 0.15) is 49.8 Å². The van der Waals surface area contributed by atoms with Gasteiger partial charge in [0.05, 0.1) is 23.4 Å². The fraction of sp³-hybridized carbons (Fsp3) is 0.433. The van der Waals surface area contributed by atoms with Crippen molar-refractivity contribution in [3.8, 4) is 0 Å². The van der Waals surface area contributed by atoms with Crippen LogP contribution in [0.25, 0.3) is 0 Å². The Kier molecular flexibility index (Phi) is 7.28. The van der Waals surface area contributed by atoms with E-state index in [0.717, 1.165) is 68.6 Å². The number of likely N-dealkylation sites (tertiary alicyclic amines) is 1. The molecule has 7 nitrogen and oxygen atoms in total. The minimum atomic E-state index is -0.211. The highest BCUT2D eigenvalue weighted by Crippen LogP contribution is 2.34. The smallest absolute Gasteiger partial charge is 0.264 e. The molecular formula is C30H35N5O2S. The van der Waals surface area contributed by atoms with Gasteiger partial charge in [0.2, 0.25) is 0 Å². The molecule has 4 heterocycles. The predicted octanol–water partition coefficient (Wildman–Crippen LogP) is 4.08. The lowest BCUT2D eigenvalue weighted by Gasteiger charge is -2.43. The number of imide groups is 1. The average Bonchev–Trinajstić information content (AvgIpc) is 3.49. The Hall–Kier alpha value is -3.07. The van der Waals surface area contributed by atoms with Crippen molar-refractivity contribution in [3.63, 3.8) is 0 Å². The highest BCUT2D eigenvalue weighted by atomic mass is 32.1. The number of carbonyl (C=O) groups excluding carboxylic acids is 2. The molecule has 0 atom stereocenters. The van der Waals surface area contributed by atoms with Crippen LogP contribution in [0.15, 0.2) is 53.9 Å². The summed E-state index contributed by atoms with van der Waals surface area (Å²) in [5.74, 6) is -0.406. The van der Waals surface area contributed by atoms with Crippen molar-refractivity contribution in [2.24, 2.45) is 0 Å². The molecule has 0 radical (unpaired) electrons. The van der Waals surface area contributed by atoms with Crippen molar-refractivity contribution in [2.45, 2.75) is 38.8 Å². The molecule has 1 aromatic heterocycles. The fourth-order valence-electron chi connectivity index (χ4n) is 6.10. The zero-order valence-corrected chi connectivity index (χ0v) is 22.8. The summed E-state index contributed by atoms with van der Waals surface area (Å²) in [5.41, 5.74) is 4.31. The molecule has 0 spiro atoms. The SMILES string of the molecule is Cc1csc(CN2C(=O)c3cccc(N4CCN(C5CCN(CCc6ccccc6)CC5)CC4)c3C2=O)n1. The topological polar surface area (TPSA) is 60.0 Å². The van der Waals surface area contributed by atoms with Crippen LogP contribution in [0.2, 0.25) is 0 Å². The number of thiazole rings is 1. The van der Waals surface area contributed by atoms with E-state index in [-0.39, 0.29) is 18.4 Å². The maximum absolute atomic E-state index is 13.4. The lowest BCUT2D eigenvalue weighted by atomic mass is 10.0. The Morgan fingerprint density at radius 2 is 1.66 bits per heavy atom. The summed E-state index contributed by atoms with van der Waals surface area (Å²) >= 11 is 1.49. The number of aryl methyl sites for hydroxylation is 1. The molecule has 0 unspecified atom stereocenters. The van der Waals surface area contributed by atoms with Gasteiger partial charge in [-0.25, -0.2) is 4.98 Å². The molecule has 0 bridgehead atoms. The standard InChI is InChI=1S/C30H35N5O2S/c1-22-21-38-27(31-22)20-35-29(36)25-8-5-9-26(28(25)30(35)37)34-18-16-33(17-19-34)24-11-14-32(15-12-24)13-10-23-6-3-2-4-7-23/h2-9,21,24H,10-20H2,1H3. The van der Waals surface area contributed by atoms with Crippen LogP contribution in [0.5, 0.6) is 0 Å². The number of nitrogens with zero attached hydrogens (tertiary/aromatic N) is 5. The maximum Gasteiger partial charge on any atom is 0.264 e. The number of piperidine rings is 1. The number of hydrogen-bond donors (Lipinski definition) is 0. The number of fused-ring (bicyclic) bond motifs is 1. The summed E-state index contributed by atoms with van der Waals surface area (Å²) in [4.78, 5) is 39.9. The number of amides is 2. The first-order chi connectivity index (χ1) is 18.6. The zero-order valence-electron chi connectivity index (χ0n) is 22.0. The van der Waals surface area contributed by atoms with Gasteiger partial charge in [-0.15, -0.1) is 11.3 Å². The summed E-state index contributed by atoms with van der Waals surface area (Å²) < 4.78 is 0. The van der Waals surface area contributed by atoms with Crippen molar-refractivity contribution in [1.82, 2.24) is 19.7 Å². The van der Waals surface area contributed by atoms with Gasteiger partial charge in [-0.05, 0) is 57.0 Å². The minimum Gasteiger partial charge on any atom is -0.368 e. The third kappa shape index (κ3) is 5.13. The first-order valence-corrected chi connectivity index (χ1v) is 14.6. The Morgan fingerprint density at radius 1 is 0.895 bits per heavy atom. The van der Waals surface area contributed by atoms with Crippen LogP contribution in [0, 0.1) is 6.92 Å². The summed E-state index contributed by atoms with van der Waals surface area (Å²) in [6.45, 7) is 9.35. The number of carbonyl (C=O) groups is 2. The molecule has 6 rings (SSSR count). The van der Waals surface area contributed by atoms with Gasteiger partial charge in [-0.3, -0.25) is 19.4 Å². The summed E-state index contributed by atoms with van der Waals surface area (Å²) in [7, 11) is 0. The highest BCUT2D eigenvalue weighted by Gasteiger charge is 2.39. The molecule has 8 heteroatoms. The molecule has 2 fully saturated rings. The van der Waals surface area contributed by atoms with Crippen molar-refractivity contribution in [2.75, 3.05) is 50.7 Å². The molecule has 2 saturated heterocycles. The first kappa shape index (κ1) is 25.2. The van der Waals surface area contributed by atoms with Gasteiger partial charge in [-0.1, -0.05) is 36.4 Å². The molecule has 0 saturated carbocycles. The zero-order chi connectivity index (χ0) is 26.1. The van der Waals surface area contributed by atoms with E-state index in [0.29, 0.717) is 17.2 Å². The van der Waals surface area contributed by atoms with Gasteiger partial charge in [-0.2, -0.15) is 0 Å². The lowest BCUT2D eigenvalue weighted by Crippen LogP contribution is -2.53. The molecular weight excluding hydrogens is 494 g/mol. The van der Waals surface area contributed by atoms with E-state index in [9.17, 15) is 9.59 Å². The number of benzene rings is 2. The quantitative estimate of drug-likeness (QED) is 0.430. The maximum atomic E-state index is 13.4. The van der Waals surface area contributed by atoms with Crippen LogP contribution >= 0.6 is 11.3 Å². The molecule has 0 aliphatic carbocycles. The Balaban J connectivity index is 1.04. The molecule has 3 aliphatic rings. The summed E-state index contributed by atoms with van der Waals surface area (Å²) in [5, 5.41) is 2.74. The number of rotatable bonds is 7. The minimum absolute atomic E-state index is 0.196. The Bertz CT molecular complexity index is 1290. The third-order valence-electron chi connectivity index (χ3n) is 8.22. The normalized spacial score (nSPS) is 19.4. The molecule has 3 aliphatic heterocycles. The van der Waals surface area contributed by atoms with E-state index in [1.165, 1.54) is 34.6 Å². The van der Waals surface area contributed by atoms with E-state index in [1.807, 2.05) is 24.4 Å². The van der Waals surface area contributed by atoms with E-state index in [2.05, 4.69) is 50.0 Å². The average molecular weight is 530 g/mol. The number of piperazine rings is 1. The lowest BCUT2D eigenvalue weighted by molar-refractivity contribution is 0.0642. The molecule has 2 amide bonds. The second-order valence-electron chi connectivity index (χ2n) is 10.6. The van der Waals surface area contributed by atoms with E-state index < -0.39 is 0 Å². The van der Waals surface area contributed by atoms with Crippen molar-refractivity contribution in [1.29, 1.82) is 0 Å². The van der Waals surface area contributed by atoms with Crippen LogP contribution in [-0.2, 0) is 13.0 Å². The van der Waals surface area contributed by atoms with Crippen molar-refractivity contribution < 1.29 is 9.59 Å². The van der Waals surface area contributed by atoms with E-state index in [4.69, 9.17) is 0 Å². The summed E-state index contributed by atoms with van der Waals surface area (Å²) in [6.07, 6.45) is 3.55. The van der Waals surface area contributed by atoms with Gasteiger partial charge in [0, 0.05) is 49.8 Å². The van der Waals surface area contributed by atoms with Crippen LogP contribution in [-0.4, -0.2) is 83.4 Å². The third-order valence-corrected chi connectivity index (χ3v) is 9.18. The monoisotopic (exact) mass is 529 g/mol. The van der Waals surface area contributed by atoms with Gasteiger partial charge in [0.15, 0.2) is 0 Å². The molecule has 3 aromatic rings. The summed E-state index contributed by atoms with van der Waals surface area (Å²) in [6, 6.07) is 17.1.